The minimum Gasteiger partial charge on any atom is -0.266 e. The van der Waals surface area contributed by atoms with E-state index >= 15 is 0 Å². The van der Waals surface area contributed by atoms with Crippen LogP contribution in [0.2, 0.25) is 0 Å². The van der Waals surface area contributed by atoms with Crippen LogP contribution in [0.25, 0.3) is 0 Å². The van der Waals surface area contributed by atoms with Gasteiger partial charge in [0.05, 0.1) is 5.69 Å². The van der Waals surface area contributed by atoms with E-state index in [9.17, 15) is 12.8 Å². The molecule has 0 fully saturated rings. The Hall–Kier alpha value is -0.920. The number of nitrogens with zero attached hydrogens (tertiary/aromatic N) is 1. The lowest BCUT2D eigenvalue weighted by Crippen LogP contribution is -2.27. The lowest BCUT2D eigenvalue weighted by molar-refractivity contribution is 0.589. The van der Waals surface area contributed by atoms with Crippen molar-refractivity contribution in [3.05, 3.63) is 57.2 Å². The summed E-state index contributed by atoms with van der Waals surface area (Å²) in [5.41, 5.74) is -0.000578. The Balaban J connectivity index is 2.56. The number of benzene rings is 2. The molecular weight excluding hydrogens is 413 g/mol. The third kappa shape index (κ3) is 2.89. The van der Waals surface area contributed by atoms with Crippen LogP contribution in [0.1, 0.15) is 0 Å². The van der Waals surface area contributed by atoms with Gasteiger partial charge in [-0.1, -0.05) is 28.1 Å². The highest BCUT2D eigenvalue weighted by Crippen LogP contribution is 2.30. The summed E-state index contributed by atoms with van der Waals surface area (Å²) < 4.78 is 40.8. The van der Waals surface area contributed by atoms with Crippen molar-refractivity contribution in [1.29, 1.82) is 0 Å². The Morgan fingerprint density at radius 3 is 2.40 bits per heavy atom. The molecule has 0 unspecified atom stereocenters. The van der Waals surface area contributed by atoms with E-state index in [1.807, 2.05) is 0 Å². The van der Waals surface area contributed by atoms with E-state index in [4.69, 9.17) is 0 Å². The highest BCUT2D eigenvalue weighted by atomic mass is 79.9. The zero-order chi connectivity index (χ0) is 14.9. The van der Waals surface area contributed by atoms with E-state index in [1.165, 1.54) is 31.3 Å². The number of sulfonamides is 1. The zero-order valence-corrected chi connectivity index (χ0v) is 14.3. The Morgan fingerprint density at radius 1 is 1.10 bits per heavy atom. The molecule has 0 aromatic heterocycles. The van der Waals surface area contributed by atoms with Gasteiger partial charge in [-0.2, -0.15) is 0 Å². The predicted molar refractivity (Wildman–Crippen MR) is 83.8 cm³/mol. The molecule has 0 spiro atoms. The number of para-hydroxylation sites is 1. The normalized spacial score (nSPS) is 11.4. The Morgan fingerprint density at radius 2 is 1.75 bits per heavy atom. The number of halogens is 3. The smallest absolute Gasteiger partial charge is 0.265 e. The Labute approximate surface area is 133 Å². The van der Waals surface area contributed by atoms with Crippen LogP contribution < -0.4 is 4.31 Å². The van der Waals surface area contributed by atoms with Crippen LogP contribution in [0.5, 0.6) is 0 Å². The van der Waals surface area contributed by atoms with Crippen LogP contribution >= 0.6 is 31.9 Å². The van der Waals surface area contributed by atoms with Gasteiger partial charge in [-0.3, -0.25) is 4.31 Å². The van der Waals surface area contributed by atoms with E-state index in [0.717, 1.165) is 4.31 Å². The fourth-order valence-electron chi connectivity index (χ4n) is 1.66. The van der Waals surface area contributed by atoms with Gasteiger partial charge >= 0.3 is 0 Å². The summed E-state index contributed by atoms with van der Waals surface area (Å²) in [7, 11) is -2.53. The molecule has 0 atom stereocenters. The minimum atomic E-state index is -3.85. The Bertz CT molecular complexity index is 750. The summed E-state index contributed by atoms with van der Waals surface area (Å²) in [4.78, 5) is 0.0672. The monoisotopic (exact) mass is 421 g/mol. The van der Waals surface area contributed by atoms with E-state index in [2.05, 4.69) is 31.9 Å². The maximum atomic E-state index is 13.7. The van der Waals surface area contributed by atoms with Crippen molar-refractivity contribution >= 4 is 47.6 Å². The molecule has 0 saturated carbocycles. The lowest BCUT2D eigenvalue weighted by atomic mass is 10.3. The Kier molecular flexibility index (Phi) is 4.51. The number of anilines is 1. The average Bonchev–Trinajstić information content (AvgIpc) is 2.41. The highest BCUT2D eigenvalue weighted by Gasteiger charge is 2.25. The van der Waals surface area contributed by atoms with Crippen molar-refractivity contribution in [2.45, 2.75) is 4.90 Å². The maximum absolute atomic E-state index is 13.7. The average molecular weight is 423 g/mol. The van der Waals surface area contributed by atoms with Crippen LogP contribution in [0.15, 0.2) is 56.3 Å². The molecule has 0 aliphatic rings. The number of hydrogen-bond donors (Lipinski definition) is 0. The first-order valence-electron chi connectivity index (χ1n) is 5.52. The molecule has 106 valence electrons. The van der Waals surface area contributed by atoms with Crippen molar-refractivity contribution < 1.29 is 12.8 Å². The quantitative estimate of drug-likeness (QED) is 0.744. The predicted octanol–water partition coefficient (Wildman–Crippen LogP) is 4.18. The van der Waals surface area contributed by atoms with Gasteiger partial charge in [0.1, 0.15) is 10.7 Å². The largest absolute Gasteiger partial charge is 0.266 e. The summed E-state index contributed by atoms with van der Waals surface area (Å²) in [6, 6.07) is 10.5. The third-order valence-corrected chi connectivity index (χ3v) is 5.98. The summed E-state index contributed by atoms with van der Waals surface area (Å²) in [6.45, 7) is 0. The van der Waals surface area contributed by atoms with Crippen molar-refractivity contribution in [2.75, 3.05) is 11.4 Å². The fourth-order valence-corrected chi connectivity index (χ4v) is 4.32. The van der Waals surface area contributed by atoms with Gasteiger partial charge in [-0.15, -0.1) is 0 Å². The first kappa shape index (κ1) is 15.5. The maximum Gasteiger partial charge on any atom is 0.265 e. The topological polar surface area (TPSA) is 37.4 Å². The summed E-state index contributed by atoms with van der Waals surface area (Å²) in [5, 5.41) is 0. The van der Waals surface area contributed by atoms with Crippen LogP contribution in [-0.4, -0.2) is 15.5 Å². The molecule has 0 bridgehead atoms. The molecule has 0 N–H and O–H groups in total. The molecular formula is C13H10Br2FNO2S. The molecule has 0 radical (unpaired) electrons. The summed E-state index contributed by atoms with van der Waals surface area (Å²) in [6.07, 6.45) is 0. The molecule has 0 amide bonds. The molecule has 0 saturated heterocycles. The van der Waals surface area contributed by atoms with Crippen molar-refractivity contribution in [3.63, 3.8) is 0 Å². The lowest BCUT2D eigenvalue weighted by Gasteiger charge is -2.20. The highest BCUT2D eigenvalue weighted by molar-refractivity contribution is 9.11. The minimum absolute atomic E-state index is 0.000578. The van der Waals surface area contributed by atoms with Crippen molar-refractivity contribution in [3.8, 4) is 0 Å². The van der Waals surface area contributed by atoms with E-state index in [1.54, 1.807) is 18.2 Å². The summed E-state index contributed by atoms with van der Waals surface area (Å²) >= 11 is 6.44. The molecule has 0 aliphatic carbocycles. The van der Waals surface area contributed by atoms with Gasteiger partial charge in [-0.05, 0) is 46.3 Å². The number of rotatable bonds is 3. The molecule has 2 rings (SSSR count). The SMILES string of the molecule is CN(c1ccccc1F)S(=O)(=O)c1cc(Br)ccc1Br. The molecule has 2 aromatic rings. The van der Waals surface area contributed by atoms with E-state index in [-0.39, 0.29) is 10.6 Å². The second-order valence-electron chi connectivity index (χ2n) is 4.00. The van der Waals surface area contributed by atoms with Crippen LogP contribution in [0, 0.1) is 5.82 Å². The van der Waals surface area contributed by atoms with E-state index < -0.39 is 15.8 Å². The first-order chi connectivity index (χ1) is 9.34. The zero-order valence-electron chi connectivity index (χ0n) is 10.3. The molecule has 20 heavy (non-hydrogen) atoms. The van der Waals surface area contributed by atoms with Crippen LogP contribution in [0.4, 0.5) is 10.1 Å². The molecule has 2 aromatic carbocycles. The molecule has 0 aliphatic heterocycles. The fraction of sp³-hybridized carbons (Fsp3) is 0.0769. The molecule has 3 nitrogen and oxygen atoms in total. The van der Waals surface area contributed by atoms with Gasteiger partial charge in [-0.25, -0.2) is 12.8 Å². The summed E-state index contributed by atoms with van der Waals surface area (Å²) in [5.74, 6) is -0.593. The first-order valence-corrected chi connectivity index (χ1v) is 8.55. The van der Waals surface area contributed by atoms with Gasteiger partial charge in [0.15, 0.2) is 0 Å². The molecule has 0 heterocycles. The second-order valence-corrected chi connectivity index (χ2v) is 7.71. The van der Waals surface area contributed by atoms with Gasteiger partial charge in [0.25, 0.3) is 10.0 Å². The van der Waals surface area contributed by atoms with Gasteiger partial charge < -0.3 is 0 Å². The van der Waals surface area contributed by atoms with Crippen molar-refractivity contribution in [2.24, 2.45) is 0 Å². The molecule has 7 heteroatoms. The second kappa shape index (κ2) is 5.83. The van der Waals surface area contributed by atoms with Crippen molar-refractivity contribution in [1.82, 2.24) is 0 Å². The third-order valence-electron chi connectivity index (χ3n) is 2.72. The van der Waals surface area contributed by atoms with Gasteiger partial charge in [0, 0.05) is 16.0 Å². The van der Waals surface area contributed by atoms with Gasteiger partial charge in [0.2, 0.25) is 0 Å². The van der Waals surface area contributed by atoms with Crippen LogP contribution in [-0.2, 0) is 10.0 Å². The number of hydrogen-bond acceptors (Lipinski definition) is 2. The van der Waals surface area contributed by atoms with E-state index in [0.29, 0.717) is 8.95 Å². The standard InChI is InChI=1S/C13H10Br2FNO2S/c1-17(12-5-3-2-4-11(12)16)20(18,19)13-8-9(14)6-7-10(13)15/h2-8H,1H3. The van der Waals surface area contributed by atoms with Crippen LogP contribution in [0.3, 0.4) is 0 Å².